The Kier molecular flexibility index (Phi) is 7.57. The summed E-state index contributed by atoms with van der Waals surface area (Å²) in [6.07, 6.45) is 0. The van der Waals surface area contributed by atoms with Gasteiger partial charge in [-0.05, 0) is 63.1 Å². The van der Waals surface area contributed by atoms with E-state index in [4.69, 9.17) is 4.74 Å². The molecule has 1 heterocycles. The summed E-state index contributed by atoms with van der Waals surface area (Å²) in [4.78, 5) is 12.5. The molecule has 1 aromatic heterocycles. The van der Waals surface area contributed by atoms with E-state index >= 15 is 0 Å². The number of anilines is 2. The normalized spacial score (nSPS) is 10.7. The number of carbonyl (C=O) groups is 1. The van der Waals surface area contributed by atoms with Crippen molar-refractivity contribution in [2.75, 3.05) is 23.5 Å². The maximum absolute atomic E-state index is 12.5. The van der Waals surface area contributed by atoms with Gasteiger partial charge in [0.15, 0.2) is 11.0 Å². The summed E-state index contributed by atoms with van der Waals surface area (Å²) in [5, 5.41) is 15.7. The molecule has 0 atom stereocenters. The van der Waals surface area contributed by atoms with Crippen molar-refractivity contribution in [3.05, 3.63) is 58.9 Å². The molecule has 2 N–H and O–H groups in total. The van der Waals surface area contributed by atoms with Crippen LogP contribution in [0.1, 0.15) is 29.4 Å². The first-order valence-corrected chi connectivity index (χ1v) is 11.2. The van der Waals surface area contributed by atoms with Gasteiger partial charge in [-0.15, -0.1) is 10.2 Å². The summed E-state index contributed by atoms with van der Waals surface area (Å²) in [6, 6.07) is 11.9. The van der Waals surface area contributed by atoms with Crippen molar-refractivity contribution in [3.8, 4) is 5.75 Å². The van der Waals surface area contributed by atoms with E-state index in [0.29, 0.717) is 6.54 Å². The second-order valence-electron chi connectivity index (χ2n) is 7.34. The number of methoxy groups -OCH3 is 1. The molecular formula is C23H29N5O2S. The van der Waals surface area contributed by atoms with E-state index in [0.717, 1.165) is 45.8 Å². The van der Waals surface area contributed by atoms with Crippen LogP contribution in [0.5, 0.6) is 5.75 Å². The van der Waals surface area contributed by atoms with E-state index in [1.807, 2.05) is 49.6 Å². The van der Waals surface area contributed by atoms with E-state index in [2.05, 4.69) is 39.9 Å². The molecule has 31 heavy (non-hydrogen) atoms. The van der Waals surface area contributed by atoms with Crippen molar-refractivity contribution in [2.45, 2.75) is 45.9 Å². The van der Waals surface area contributed by atoms with Crippen LogP contribution in [0.15, 0.2) is 41.6 Å². The minimum absolute atomic E-state index is 0.0522. The first kappa shape index (κ1) is 22.7. The quantitative estimate of drug-likeness (QED) is 0.475. The molecule has 3 aromatic rings. The zero-order valence-electron chi connectivity index (χ0n) is 18.7. The summed E-state index contributed by atoms with van der Waals surface area (Å²) in [5.74, 6) is 1.86. The van der Waals surface area contributed by atoms with Crippen molar-refractivity contribution in [2.24, 2.45) is 0 Å². The Morgan fingerprint density at radius 2 is 1.77 bits per heavy atom. The first-order chi connectivity index (χ1) is 14.9. The minimum Gasteiger partial charge on any atom is -0.497 e. The highest BCUT2D eigenvalue weighted by Gasteiger charge is 2.14. The minimum atomic E-state index is -0.0522. The first-order valence-electron chi connectivity index (χ1n) is 10.2. The third kappa shape index (κ3) is 5.79. The van der Waals surface area contributed by atoms with Gasteiger partial charge in [-0.2, -0.15) is 0 Å². The summed E-state index contributed by atoms with van der Waals surface area (Å²) >= 11 is 1.39. The van der Waals surface area contributed by atoms with Crippen LogP contribution in [0.25, 0.3) is 0 Å². The number of carbonyl (C=O) groups excluding carboxylic acids is 1. The molecule has 0 unspecified atom stereocenters. The third-order valence-corrected chi connectivity index (χ3v) is 5.89. The van der Waals surface area contributed by atoms with E-state index in [1.54, 1.807) is 7.11 Å². The summed E-state index contributed by atoms with van der Waals surface area (Å²) in [5.41, 5.74) is 5.19. The highest BCUT2D eigenvalue weighted by molar-refractivity contribution is 7.99. The zero-order chi connectivity index (χ0) is 22.4. The van der Waals surface area contributed by atoms with Crippen LogP contribution in [0.4, 0.5) is 11.4 Å². The molecule has 164 valence electrons. The number of benzene rings is 2. The second kappa shape index (κ2) is 10.3. The van der Waals surface area contributed by atoms with Crippen LogP contribution in [-0.4, -0.2) is 33.5 Å². The van der Waals surface area contributed by atoms with Gasteiger partial charge in [0.2, 0.25) is 5.91 Å². The number of hydrogen-bond acceptors (Lipinski definition) is 6. The van der Waals surface area contributed by atoms with Crippen molar-refractivity contribution < 1.29 is 9.53 Å². The summed E-state index contributed by atoms with van der Waals surface area (Å²) in [7, 11) is 1.65. The fourth-order valence-corrected chi connectivity index (χ4v) is 4.27. The van der Waals surface area contributed by atoms with Crippen molar-refractivity contribution in [3.63, 3.8) is 0 Å². The molecule has 0 radical (unpaired) electrons. The monoisotopic (exact) mass is 439 g/mol. The lowest BCUT2D eigenvalue weighted by molar-refractivity contribution is -0.113. The summed E-state index contributed by atoms with van der Waals surface area (Å²) < 4.78 is 7.21. The molecule has 0 saturated carbocycles. The van der Waals surface area contributed by atoms with E-state index in [9.17, 15) is 4.79 Å². The number of hydrogen-bond donors (Lipinski definition) is 2. The topological polar surface area (TPSA) is 81.1 Å². The molecule has 0 aliphatic heterocycles. The van der Waals surface area contributed by atoms with Gasteiger partial charge in [0.1, 0.15) is 5.75 Å². The maximum atomic E-state index is 12.5. The molecule has 3 rings (SSSR count). The second-order valence-corrected chi connectivity index (χ2v) is 8.28. The highest BCUT2D eigenvalue weighted by Crippen LogP contribution is 2.23. The molecule has 8 heteroatoms. The Hall–Kier alpha value is -3.00. The number of aromatic nitrogens is 3. The van der Waals surface area contributed by atoms with Crippen LogP contribution >= 0.6 is 11.8 Å². The molecule has 1 amide bonds. The maximum Gasteiger partial charge on any atom is 0.234 e. The van der Waals surface area contributed by atoms with Crippen molar-refractivity contribution >= 4 is 29.0 Å². The zero-order valence-corrected chi connectivity index (χ0v) is 19.5. The molecule has 2 aromatic carbocycles. The average Bonchev–Trinajstić information content (AvgIpc) is 3.15. The lowest BCUT2D eigenvalue weighted by atomic mass is 10.1. The van der Waals surface area contributed by atoms with Crippen LogP contribution in [0.2, 0.25) is 0 Å². The average molecular weight is 440 g/mol. The lowest BCUT2D eigenvalue weighted by Gasteiger charge is -2.13. The van der Waals surface area contributed by atoms with Crippen molar-refractivity contribution in [1.82, 2.24) is 14.8 Å². The number of nitrogens with one attached hydrogen (secondary N) is 2. The van der Waals surface area contributed by atoms with Crippen LogP contribution in [0.3, 0.4) is 0 Å². The van der Waals surface area contributed by atoms with Crippen LogP contribution < -0.4 is 15.4 Å². The Morgan fingerprint density at radius 1 is 1.10 bits per heavy atom. The molecule has 0 bridgehead atoms. The van der Waals surface area contributed by atoms with E-state index < -0.39 is 0 Å². The van der Waals surface area contributed by atoms with Crippen molar-refractivity contribution in [1.29, 1.82) is 0 Å². The SMILES string of the molecule is CCn1c(CNc2ccc(OC)cc2)nnc1SCC(=O)Nc1c(C)cc(C)cc1C. The predicted molar refractivity (Wildman–Crippen MR) is 126 cm³/mol. The molecule has 0 fully saturated rings. The van der Waals surface area contributed by atoms with Gasteiger partial charge in [0.05, 0.1) is 19.4 Å². The Balaban J connectivity index is 1.59. The fraction of sp³-hybridized carbons (Fsp3) is 0.348. The Labute approximate surface area is 187 Å². The fourth-order valence-electron chi connectivity index (χ4n) is 3.45. The number of aryl methyl sites for hydroxylation is 3. The van der Waals surface area contributed by atoms with Gasteiger partial charge >= 0.3 is 0 Å². The molecule has 7 nitrogen and oxygen atoms in total. The van der Waals surface area contributed by atoms with Crippen LogP contribution in [-0.2, 0) is 17.9 Å². The smallest absolute Gasteiger partial charge is 0.234 e. The molecule has 0 aliphatic rings. The lowest BCUT2D eigenvalue weighted by Crippen LogP contribution is -2.16. The third-order valence-electron chi connectivity index (χ3n) is 4.92. The predicted octanol–water partition coefficient (Wildman–Crippen LogP) is 4.57. The standard InChI is InChI=1S/C23H29N5O2S/c1-6-28-20(13-24-18-7-9-19(30-5)10-8-18)26-27-23(28)31-14-21(29)25-22-16(3)11-15(2)12-17(22)4/h7-12,24H,6,13-14H2,1-5H3,(H,25,29). The Morgan fingerprint density at radius 3 is 2.39 bits per heavy atom. The van der Waals surface area contributed by atoms with Gasteiger partial charge < -0.3 is 19.9 Å². The number of amides is 1. The van der Waals surface area contributed by atoms with Gasteiger partial charge in [-0.1, -0.05) is 29.5 Å². The highest BCUT2D eigenvalue weighted by atomic mass is 32.2. The number of thioether (sulfide) groups is 1. The molecular weight excluding hydrogens is 410 g/mol. The Bertz CT molecular complexity index is 1020. The van der Waals surface area contributed by atoms with Gasteiger partial charge in [0, 0.05) is 17.9 Å². The van der Waals surface area contributed by atoms with Gasteiger partial charge in [0.25, 0.3) is 0 Å². The van der Waals surface area contributed by atoms with Crippen LogP contribution in [0, 0.1) is 20.8 Å². The summed E-state index contributed by atoms with van der Waals surface area (Å²) in [6.45, 7) is 9.40. The number of ether oxygens (including phenoxy) is 1. The molecule has 0 saturated heterocycles. The van der Waals surface area contributed by atoms with Gasteiger partial charge in [-0.3, -0.25) is 4.79 Å². The molecule has 0 aliphatic carbocycles. The van der Waals surface area contributed by atoms with Gasteiger partial charge in [-0.25, -0.2) is 0 Å². The van der Waals surface area contributed by atoms with E-state index in [1.165, 1.54) is 17.3 Å². The number of rotatable bonds is 9. The molecule has 0 spiro atoms. The largest absolute Gasteiger partial charge is 0.497 e. The van der Waals surface area contributed by atoms with E-state index in [-0.39, 0.29) is 11.7 Å². The number of nitrogens with zero attached hydrogens (tertiary/aromatic N) is 3.